The molecule has 1 heterocycles. The summed E-state index contributed by atoms with van der Waals surface area (Å²) in [6.45, 7) is 0.0179. The van der Waals surface area contributed by atoms with E-state index < -0.39 is 17.6 Å². The fraction of sp³-hybridized carbons (Fsp3) is 0.125. The summed E-state index contributed by atoms with van der Waals surface area (Å²) in [5.74, 6) is 0.561. The van der Waals surface area contributed by atoms with Crippen molar-refractivity contribution in [3.8, 4) is 34.1 Å². The van der Waals surface area contributed by atoms with Gasteiger partial charge in [-0.2, -0.15) is 13.2 Å². The lowest BCUT2D eigenvalue weighted by Gasteiger charge is -2.12. The van der Waals surface area contributed by atoms with Gasteiger partial charge in [0.25, 0.3) is 0 Å². The number of methoxy groups -OCH3 is 1. The molecule has 0 unspecified atom stereocenters. The van der Waals surface area contributed by atoms with Gasteiger partial charge in [0.05, 0.1) is 24.6 Å². The monoisotopic (exact) mass is 520 g/mol. The van der Waals surface area contributed by atoms with Crippen molar-refractivity contribution in [1.82, 2.24) is 9.97 Å². The summed E-state index contributed by atoms with van der Waals surface area (Å²) in [5.41, 5.74) is 0.628. The van der Waals surface area contributed by atoms with E-state index in [1.54, 1.807) is 30.3 Å². The van der Waals surface area contributed by atoms with E-state index in [0.29, 0.717) is 32.8 Å². The van der Waals surface area contributed by atoms with Crippen molar-refractivity contribution in [3.63, 3.8) is 0 Å². The molecule has 0 saturated carbocycles. The smallest absolute Gasteiger partial charge is 0.417 e. The van der Waals surface area contributed by atoms with Gasteiger partial charge in [-0.3, -0.25) is 0 Å². The van der Waals surface area contributed by atoms with Crippen LogP contribution in [0.15, 0.2) is 71.3 Å². The van der Waals surface area contributed by atoms with E-state index in [1.807, 2.05) is 0 Å². The number of hydrogen-bond acceptors (Lipinski definition) is 3. The predicted molar refractivity (Wildman–Crippen MR) is 119 cm³/mol. The van der Waals surface area contributed by atoms with Gasteiger partial charge in [-0.15, -0.1) is 0 Å². The summed E-state index contributed by atoms with van der Waals surface area (Å²) in [5, 5.41) is 0. The highest BCUT2D eigenvalue weighted by Gasteiger charge is 2.34. The molecule has 0 fully saturated rings. The van der Waals surface area contributed by atoms with Crippen LogP contribution in [0, 0.1) is 5.82 Å². The highest BCUT2D eigenvalue weighted by molar-refractivity contribution is 9.10. The molecule has 0 aliphatic rings. The normalized spacial score (nSPS) is 11.5. The highest BCUT2D eigenvalue weighted by Crippen LogP contribution is 2.38. The van der Waals surface area contributed by atoms with Crippen LogP contribution in [-0.2, 0) is 12.8 Å². The molecule has 9 heteroatoms. The van der Waals surface area contributed by atoms with Crippen molar-refractivity contribution in [3.05, 3.63) is 88.3 Å². The van der Waals surface area contributed by atoms with Crippen LogP contribution in [0.25, 0.3) is 22.6 Å². The van der Waals surface area contributed by atoms with E-state index in [-0.39, 0.29) is 18.0 Å². The third-order valence-electron chi connectivity index (χ3n) is 4.94. The van der Waals surface area contributed by atoms with E-state index >= 15 is 0 Å². The van der Waals surface area contributed by atoms with Crippen LogP contribution in [-0.4, -0.2) is 17.1 Å². The number of nitrogens with zero attached hydrogens (tertiary/aromatic N) is 1. The fourth-order valence-electron chi connectivity index (χ4n) is 3.32. The number of imidazole rings is 1. The number of H-pyrrole nitrogens is 1. The number of rotatable bonds is 6. The van der Waals surface area contributed by atoms with Gasteiger partial charge in [0.2, 0.25) is 0 Å². The maximum atomic E-state index is 14.0. The van der Waals surface area contributed by atoms with Crippen molar-refractivity contribution in [1.29, 1.82) is 0 Å². The summed E-state index contributed by atoms with van der Waals surface area (Å²) >= 11 is 3.21. The Morgan fingerprint density at radius 3 is 2.52 bits per heavy atom. The quantitative estimate of drug-likeness (QED) is 0.272. The Balaban J connectivity index is 1.59. The molecule has 0 bridgehead atoms. The number of halogens is 5. The summed E-state index contributed by atoms with van der Waals surface area (Å²) in [6, 6.07) is 14.9. The SMILES string of the molecule is COc1cc(OCc2ccc(Br)cc2F)ccc1-c1cnc(-c2ccccc2C(F)(F)F)[nH]1. The Kier molecular flexibility index (Phi) is 6.42. The first kappa shape index (κ1) is 22.8. The lowest BCUT2D eigenvalue weighted by atomic mass is 10.1. The summed E-state index contributed by atoms with van der Waals surface area (Å²) in [4.78, 5) is 7.08. The van der Waals surface area contributed by atoms with Gasteiger partial charge < -0.3 is 14.5 Å². The minimum Gasteiger partial charge on any atom is -0.496 e. The molecule has 0 amide bonds. The Hall–Kier alpha value is -3.33. The third-order valence-corrected chi connectivity index (χ3v) is 5.43. The molecule has 0 aliphatic carbocycles. The number of nitrogens with one attached hydrogen (secondary N) is 1. The maximum absolute atomic E-state index is 14.0. The number of ether oxygens (including phenoxy) is 2. The highest BCUT2D eigenvalue weighted by atomic mass is 79.9. The van der Waals surface area contributed by atoms with Gasteiger partial charge in [-0.25, -0.2) is 9.37 Å². The molecule has 4 nitrogen and oxygen atoms in total. The van der Waals surface area contributed by atoms with E-state index in [9.17, 15) is 17.6 Å². The number of benzene rings is 3. The lowest BCUT2D eigenvalue weighted by molar-refractivity contribution is -0.137. The topological polar surface area (TPSA) is 47.1 Å². The molecule has 0 radical (unpaired) electrons. The molecule has 4 aromatic rings. The van der Waals surface area contributed by atoms with Gasteiger partial charge in [-0.05, 0) is 30.3 Å². The Bertz CT molecular complexity index is 1290. The van der Waals surface area contributed by atoms with Crippen LogP contribution in [0.3, 0.4) is 0 Å². The van der Waals surface area contributed by atoms with Crippen LogP contribution in [0.2, 0.25) is 0 Å². The van der Waals surface area contributed by atoms with Crippen LogP contribution in [0.4, 0.5) is 17.6 Å². The molecule has 3 aromatic carbocycles. The molecule has 33 heavy (non-hydrogen) atoms. The zero-order valence-corrected chi connectivity index (χ0v) is 18.8. The molecular formula is C24H17BrF4N2O2. The van der Waals surface area contributed by atoms with E-state index in [1.165, 1.54) is 37.6 Å². The first-order valence-electron chi connectivity index (χ1n) is 9.73. The number of aromatic amines is 1. The van der Waals surface area contributed by atoms with E-state index in [2.05, 4.69) is 25.9 Å². The van der Waals surface area contributed by atoms with Gasteiger partial charge >= 0.3 is 6.18 Å². The van der Waals surface area contributed by atoms with Crippen LogP contribution < -0.4 is 9.47 Å². The van der Waals surface area contributed by atoms with Crippen molar-refractivity contribution in [2.45, 2.75) is 12.8 Å². The molecule has 4 rings (SSSR count). The second kappa shape index (κ2) is 9.27. The Labute approximate surface area is 195 Å². The fourth-order valence-corrected chi connectivity index (χ4v) is 3.65. The molecule has 1 N–H and O–H groups in total. The number of hydrogen-bond donors (Lipinski definition) is 1. The zero-order chi connectivity index (χ0) is 23.6. The van der Waals surface area contributed by atoms with Crippen LogP contribution in [0.1, 0.15) is 11.1 Å². The van der Waals surface area contributed by atoms with Crippen molar-refractivity contribution < 1.29 is 27.0 Å². The molecule has 0 aliphatic heterocycles. The molecule has 0 spiro atoms. The second-order valence-electron chi connectivity index (χ2n) is 7.08. The number of aromatic nitrogens is 2. The largest absolute Gasteiger partial charge is 0.496 e. The first-order chi connectivity index (χ1) is 15.8. The summed E-state index contributed by atoms with van der Waals surface area (Å²) < 4.78 is 65.9. The standard InChI is InChI=1S/C24H17BrF4N2O2/c1-32-22-11-16(33-13-14-6-7-15(25)10-20(14)26)8-9-18(22)21-12-30-23(31-21)17-4-2-3-5-19(17)24(27,28)29/h2-12H,13H2,1H3,(H,30,31). The van der Waals surface area contributed by atoms with E-state index in [4.69, 9.17) is 9.47 Å². The molecular weight excluding hydrogens is 504 g/mol. The second-order valence-corrected chi connectivity index (χ2v) is 7.99. The average molecular weight is 521 g/mol. The van der Waals surface area contributed by atoms with E-state index in [0.717, 1.165) is 6.07 Å². The average Bonchev–Trinajstić information content (AvgIpc) is 3.27. The predicted octanol–water partition coefficient (Wildman–Crippen LogP) is 7.25. The van der Waals surface area contributed by atoms with Gasteiger partial charge in [0, 0.05) is 27.2 Å². The van der Waals surface area contributed by atoms with Crippen LogP contribution in [0.5, 0.6) is 11.5 Å². The molecule has 0 saturated heterocycles. The number of alkyl halides is 3. The van der Waals surface area contributed by atoms with Gasteiger partial charge in [0.1, 0.15) is 29.7 Å². The van der Waals surface area contributed by atoms with Gasteiger partial charge in [0.15, 0.2) is 0 Å². The molecule has 0 atom stereocenters. The minimum absolute atomic E-state index is 0.0179. The minimum atomic E-state index is -4.51. The van der Waals surface area contributed by atoms with Crippen molar-refractivity contribution in [2.24, 2.45) is 0 Å². The summed E-state index contributed by atoms with van der Waals surface area (Å²) in [7, 11) is 1.47. The third kappa shape index (κ3) is 5.03. The van der Waals surface area contributed by atoms with Crippen molar-refractivity contribution >= 4 is 15.9 Å². The van der Waals surface area contributed by atoms with Crippen molar-refractivity contribution in [2.75, 3.05) is 7.11 Å². The summed E-state index contributed by atoms with van der Waals surface area (Å²) in [6.07, 6.45) is -3.06. The van der Waals surface area contributed by atoms with Crippen LogP contribution >= 0.6 is 15.9 Å². The molecule has 170 valence electrons. The molecule has 1 aromatic heterocycles. The Morgan fingerprint density at radius 1 is 1.00 bits per heavy atom. The van der Waals surface area contributed by atoms with Gasteiger partial charge in [-0.1, -0.05) is 40.2 Å². The zero-order valence-electron chi connectivity index (χ0n) is 17.2. The Morgan fingerprint density at radius 2 is 1.79 bits per heavy atom. The first-order valence-corrected chi connectivity index (χ1v) is 10.5. The maximum Gasteiger partial charge on any atom is 0.417 e. The lowest BCUT2D eigenvalue weighted by Crippen LogP contribution is -2.07.